The van der Waals surface area contributed by atoms with Gasteiger partial charge in [-0.05, 0) is 23.6 Å². The molecular weight excluding hydrogens is 306 g/mol. The Morgan fingerprint density at radius 3 is 2.58 bits per heavy atom. The van der Waals surface area contributed by atoms with Crippen molar-refractivity contribution in [3.8, 4) is 5.75 Å². The predicted octanol–water partition coefficient (Wildman–Crippen LogP) is 2.05. The highest BCUT2D eigenvalue weighted by Crippen LogP contribution is 2.26. The third-order valence-corrected chi connectivity index (χ3v) is 4.15. The van der Waals surface area contributed by atoms with Crippen LogP contribution in [0, 0.1) is 5.92 Å². The zero-order valence-corrected chi connectivity index (χ0v) is 13.1. The van der Waals surface area contributed by atoms with E-state index in [4.69, 9.17) is 4.74 Å². The van der Waals surface area contributed by atoms with Gasteiger partial charge >= 0.3 is 5.97 Å². The second-order valence-corrected chi connectivity index (χ2v) is 5.91. The van der Waals surface area contributed by atoms with Crippen molar-refractivity contribution in [2.75, 3.05) is 6.61 Å². The molecule has 2 N–H and O–H groups in total. The lowest BCUT2D eigenvalue weighted by Gasteiger charge is -2.26. The zero-order valence-electron chi connectivity index (χ0n) is 13.1. The van der Waals surface area contributed by atoms with Crippen molar-refractivity contribution in [2.24, 2.45) is 5.92 Å². The summed E-state index contributed by atoms with van der Waals surface area (Å²) in [6.07, 6.45) is 0.811. The van der Waals surface area contributed by atoms with Gasteiger partial charge in [0.25, 0.3) is 0 Å². The lowest BCUT2D eigenvalue weighted by Crippen LogP contribution is -2.47. The fourth-order valence-electron chi connectivity index (χ4n) is 2.84. The molecule has 0 spiro atoms. The highest BCUT2D eigenvalue weighted by Gasteiger charge is 2.29. The molecule has 2 unspecified atom stereocenters. The molecule has 0 aromatic heterocycles. The summed E-state index contributed by atoms with van der Waals surface area (Å²) in [6, 6.07) is 15.9. The zero-order chi connectivity index (χ0) is 16.9. The molecule has 0 aliphatic carbocycles. The van der Waals surface area contributed by atoms with E-state index in [1.807, 2.05) is 54.6 Å². The summed E-state index contributed by atoms with van der Waals surface area (Å²) in [5, 5.41) is 12.0. The van der Waals surface area contributed by atoms with Gasteiger partial charge in [0, 0.05) is 6.42 Å². The molecule has 1 aliphatic heterocycles. The van der Waals surface area contributed by atoms with Crippen LogP contribution < -0.4 is 10.1 Å². The summed E-state index contributed by atoms with van der Waals surface area (Å²) in [6.45, 7) is 0.264. The fraction of sp³-hybridized carbons (Fsp3) is 0.263. The molecule has 0 fully saturated rings. The van der Waals surface area contributed by atoms with Gasteiger partial charge in [-0.15, -0.1) is 0 Å². The Bertz CT molecular complexity index is 729. The molecule has 0 radical (unpaired) electrons. The largest absolute Gasteiger partial charge is 0.492 e. The van der Waals surface area contributed by atoms with Crippen molar-refractivity contribution in [1.29, 1.82) is 0 Å². The Labute approximate surface area is 140 Å². The topological polar surface area (TPSA) is 75.6 Å². The molecule has 2 atom stereocenters. The number of hydrogen-bond donors (Lipinski definition) is 2. The molecule has 124 valence electrons. The van der Waals surface area contributed by atoms with E-state index in [0.717, 1.165) is 16.9 Å². The van der Waals surface area contributed by atoms with Crippen LogP contribution in [0.3, 0.4) is 0 Å². The van der Waals surface area contributed by atoms with Crippen LogP contribution in [0.4, 0.5) is 0 Å². The Morgan fingerprint density at radius 2 is 1.83 bits per heavy atom. The molecule has 0 bridgehead atoms. The van der Waals surface area contributed by atoms with E-state index in [1.165, 1.54) is 0 Å². The maximum absolute atomic E-state index is 12.5. The third kappa shape index (κ3) is 3.74. The van der Waals surface area contributed by atoms with E-state index in [9.17, 15) is 14.7 Å². The fourth-order valence-corrected chi connectivity index (χ4v) is 2.84. The number of amides is 1. The minimum atomic E-state index is -1.04. The lowest BCUT2D eigenvalue weighted by molar-refractivity contribution is -0.142. The van der Waals surface area contributed by atoms with Gasteiger partial charge in [0.15, 0.2) is 0 Å². The van der Waals surface area contributed by atoms with E-state index < -0.39 is 12.0 Å². The number of rotatable bonds is 5. The Balaban J connectivity index is 1.65. The van der Waals surface area contributed by atoms with Crippen molar-refractivity contribution >= 4 is 11.9 Å². The molecule has 5 nitrogen and oxygen atoms in total. The van der Waals surface area contributed by atoms with E-state index in [0.29, 0.717) is 6.42 Å². The first-order valence-electron chi connectivity index (χ1n) is 7.91. The normalized spacial score (nSPS) is 17.2. The first kappa shape index (κ1) is 16.1. The number of para-hydroxylation sites is 1. The number of aliphatic carboxylic acids is 1. The summed E-state index contributed by atoms with van der Waals surface area (Å²) < 4.78 is 5.61. The van der Waals surface area contributed by atoms with Gasteiger partial charge < -0.3 is 15.2 Å². The molecule has 24 heavy (non-hydrogen) atoms. The lowest BCUT2D eigenvalue weighted by atomic mass is 9.95. The van der Waals surface area contributed by atoms with Gasteiger partial charge in [0.2, 0.25) is 5.91 Å². The number of benzene rings is 2. The molecule has 5 heteroatoms. The minimum absolute atomic E-state index is 0.256. The second-order valence-electron chi connectivity index (χ2n) is 5.91. The van der Waals surface area contributed by atoms with Crippen LogP contribution in [-0.4, -0.2) is 29.6 Å². The number of carbonyl (C=O) groups is 2. The van der Waals surface area contributed by atoms with Gasteiger partial charge in [-0.25, -0.2) is 4.79 Å². The molecule has 2 aromatic carbocycles. The summed E-state index contributed by atoms with van der Waals surface area (Å²) in [7, 11) is 0. The minimum Gasteiger partial charge on any atom is -0.492 e. The average Bonchev–Trinajstić information content (AvgIpc) is 2.61. The predicted molar refractivity (Wildman–Crippen MR) is 88.8 cm³/mol. The molecule has 0 saturated heterocycles. The smallest absolute Gasteiger partial charge is 0.326 e. The molecule has 1 aliphatic rings. The summed E-state index contributed by atoms with van der Waals surface area (Å²) in [4.78, 5) is 23.9. The number of fused-ring (bicyclic) bond motifs is 1. The van der Waals surface area contributed by atoms with Crippen LogP contribution in [0.1, 0.15) is 11.1 Å². The van der Waals surface area contributed by atoms with Crippen LogP contribution >= 0.6 is 0 Å². The summed E-state index contributed by atoms with van der Waals surface area (Å²) in [5.41, 5.74) is 1.84. The number of carboxylic acid groups (broad SMARTS) is 1. The Morgan fingerprint density at radius 1 is 1.12 bits per heavy atom. The maximum Gasteiger partial charge on any atom is 0.326 e. The van der Waals surface area contributed by atoms with Crippen LogP contribution in [0.5, 0.6) is 5.75 Å². The van der Waals surface area contributed by atoms with Crippen LogP contribution in [-0.2, 0) is 22.4 Å². The quantitative estimate of drug-likeness (QED) is 0.882. The van der Waals surface area contributed by atoms with Gasteiger partial charge in [-0.3, -0.25) is 4.79 Å². The van der Waals surface area contributed by atoms with E-state index in [1.54, 1.807) is 0 Å². The first-order valence-corrected chi connectivity index (χ1v) is 7.91. The first-order chi connectivity index (χ1) is 11.6. The van der Waals surface area contributed by atoms with E-state index >= 15 is 0 Å². The average molecular weight is 325 g/mol. The number of carboxylic acids is 1. The molecule has 1 heterocycles. The second kappa shape index (κ2) is 7.17. The van der Waals surface area contributed by atoms with Crippen molar-refractivity contribution in [3.63, 3.8) is 0 Å². The Kier molecular flexibility index (Phi) is 4.79. The molecule has 1 amide bonds. The number of ether oxygens (including phenoxy) is 1. The van der Waals surface area contributed by atoms with Crippen molar-refractivity contribution in [1.82, 2.24) is 5.32 Å². The number of hydrogen-bond acceptors (Lipinski definition) is 3. The number of carbonyl (C=O) groups excluding carboxylic acids is 1. The molecule has 3 rings (SSSR count). The molecular formula is C19H19NO4. The Hall–Kier alpha value is -2.82. The summed E-state index contributed by atoms with van der Waals surface area (Å²) >= 11 is 0. The van der Waals surface area contributed by atoms with E-state index in [2.05, 4.69) is 5.32 Å². The van der Waals surface area contributed by atoms with E-state index in [-0.39, 0.29) is 24.9 Å². The molecule has 2 aromatic rings. The van der Waals surface area contributed by atoms with Gasteiger partial charge in [0.1, 0.15) is 18.4 Å². The SMILES string of the molecule is O=C(NC(Cc1ccccc1)C(=O)O)C1COc2ccccc2C1. The monoisotopic (exact) mass is 325 g/mol. The highest BCUT2D eigenvalue weighted by molar-refractivity contribution is 5.85. The summed E-state index contributed by atoms with van der Waals surface area (Å²) in [5.74, 6) is -0.907. The van der Waals surface area contributed by atoms with Crippen LogP contribution in [0.25, 0.3) is 0 Å². The highest BCUT2D eigenvalue weighted by atomic mass is 16.5. The van der Waals surface area contributed by atoms with Crippen LogP contribution in [0.15, 0.2) is 54.6 Å². The van der Waals surface area contributed by atoms with Gasteiger partial charge in [0.05, 0.1) is 5.92 Å². The van der Waals surface area contributed by atoms with Crippen molar-refractivity contribution in [2.45, 2.75) is 18.9 Å². The van der Waals surface area contributed by atoms with Crippen molar-refractivity contribution < 1.29 is 19.4 Å². The number of nitrogens with one attached hydrogen (secondary N) is 1. The third-order valence-electron chi connectivity index (χ3n) is 4.15. The molecule has 0 saturated carbocycles. The van der Waals surface area contributed by atoms with Gasteiger partial charge in [-0.1, -0.05) is 48.5 Å². The maximum atomic E-state index is 12.5. The van der Waals surface area contributed by atoms with Gasteiger partial charge in [-0.2, -0.15) is 0 Å². The standard InChI is InChI=1S/C19H19NO4/c21-18(15-11-14-8-4-5-9-17(14)24-12-15)20-16(19(22)23)10-13-6-2-1-3-7-13/h1-9,15-16H,10-12H2,(H,20,21)(H,22,23). The van der Waals surface area contributed by atoms with Crippen molar-refractivity contribution in [3.05, 3.63) is 65.7 Å². The van der Waals surface area contributed by atoms with Crippen LogP contribution in [0.2, 0.25) is 0 Å².